The van der Waals surface area contributed by atoms with E-state index in [4.69, 9.17) is 13.9 Å². The van der Waals surface area contributed by atoms with Crippen LogP contribution in [0.3, 0.4) is 0 Å². The molecule has 0 rings (SSSR count). The Morgan fingerprint density at radius 2 is 1.15 bits per heavy atom. The quantitative estimate of drug-likeness (QED) is 0.607. The third-order valence-corrected chi connectivity index (χ3v) is 7.22. The Morgan fingerprint density at radius 1 is 0.923 bits per heavy atom. The second-order valence-electron chi connectivity index (χ2n) is 4.95. The molecule has 0 atom stereocenters. The number of nitrogens with two attached hydrogens (primary N) is 1. The van der Waals surface area contributed by atoms with Crippen molar-refractivity contribution in [2.45, 2.75) is 39.3 Å². The molecule has 0 unspecified atom stereocenters. The van der Waals surface area contributed by atoms with Gasteiger partial charge in [-0.15, -0.1) is 0 Å². The normalized spacial score (nSPS) is 14.7. The van der Waals surface area contributed by atoms with Crippen molar-refractivity contribution in [2.24, 2.45) is 5.50 Å². The van der Waals surface area contributed by atoms with Crippen LogP contribution in [0.1, 0.15) is 0 Å². The molecule has 0 saturated heterocycles. The molecular formula is C6H20NO3PSi2. The summed E-state index contributed by atoms with van der Waals surface area (Å²) in [6.07, 6.45) is 0. The van der Waals surface area contributed by atoms with Crippen LogP contribution in [0.25, 0.3) is 0 Å². The highest BCUT2D eigenvalue weighted by molar-refractivity contribution is 7.54. The highest BCUT2D eigenvalue weighted by atomic mass is 31.2. The molecule has 2 N–H and O–H groups in total. The van der Waals surface area contributed by atoms with E-state index in [1.807, 2.05) is 39.3 Å². The third-order valence-electron chi connectivity index (χ3n) is 0.802. The van der Waals surface area contributed by atoms with Crippen LogP contribution in [0.4, 0.5) is 0 Å². The Morgan fingerprint density at radius 3 is 1.31 bits per heavy atom. The molecule has 0 aliphatic rings. The molecule has 0 aliphatic carbocycles. The summed E-state index contributed by atoms with van der Waals surface area (Å²) in [5, 5.41) is 0. The van der Waals surface area contributed by atoms with Crippen molar-refractivity contribution >= 4 is 24.4 Å². The van der Waals surface area contributed by atoms with Crippen LogP contribution >= 0.6 is 7.75 Å². The largest absolute Gasteiger partial charge is 0.383 e. The first-order valence-electron chi connectivity index (χ1n) is 4.21. The number of hydrogen-bond acceptors (Lipinski definition) is 3. The highest BCUT2D eigenvalue weighted by Gasteiger charge is 2.32. The lowest BCUT2D eigenvalue weighted by Crippen LogP contribution is -2.31. The summed E-state index contributed by atoms with van der Waals surface area (Å²) in [4.78, 5) is 0. The zero-order valence-electron chi connectivity index (χ0n) is 9.25. The second kappa shape index (κ2) is 3.96. The van der Waals surface area contributed by atoms with Crippen LogP contribution in [-0.4, -0.2) is 16.6 Å². The van der Waals surface area contributed by atoms with Crippen molar-refractivity contribution in [1.82, 2.24) is 0 Å². The zero-order chi connectivity index (χ0) is 10.9. The van der Waals surface area contributed by atoms with E-state index in [2.05, 4.69) is 0 Å². The molecule has 0 spiro atoms. The van der Waals surface area contributed by atoms with E-state index < -0.39 is 24.4 Å². The Balaban J connectivity index is 4.35. The van der Waals surface area contributed by atoms with Gasteiger partial charge in [0.15, 0.2) is 16.6 Å². The SMILES string of the molecule is C[Si](C)(C)OP(N)(=O)O[Si](C)(C)C. The van der Waals surface area contributed by atoms with Gasteiger partial charge in [0.25, 0.3) is 0 Å². The molecule has 0 aromatic rings. The van der Waals surface area contributed by atoms with E-state index in [0.717, 1.165) is 0 Å². The van der Waals surface area contributed by atoms with Gasteiger partial charge in [-0.3, -0.25) is 0 Å². The van der Waals surface area contributed by atoms with Gasteiger partial charge in [-0.25, -0.2) is 10.1 Å². The number of hydrogen-bond donors (Lipinski definition) is 1. The van der Waals surface area contributed by atoms with Gasteiger partial charge in [-0.05, 0) is 39.3 Å². The minimum Gasteiger partial charge on any atom is -0.340 e. The zero-order valence-corrected chi connectivity index (χ0v) is 12.1. The molecular weight excluding hydrogens is 221 g/mol. The van der Waals surface area contributed by atoms with Crippen molar-refractivity contribution in [1.29, 1.82) is 0 Å². The van der Waals surface area contributed by atoms with Crippen molar-refractivity contribution in [3.63, 3.8) is 0 Å². The molecule has 0 fully saturated rings. The predicted molar refractivity (Wildman–Crippen MR) is 60.7 cm³/mol. The molecule has 80 valence electrons. The molecule has 4 nitrogen and oxygen atoms in total. The maximum Gasteiger partial charge on any atom is 0.383 e. The summed E-state index contributed by atoms with van der Waals surface area (Å²) in [5.41, 5.74) is 5.47. The maximum absolute atomic E-state index is 11.6. The van der Waals surface area contributed by atoms with Crippen LogP contribution in [0.15, 0.2) is 0 Å². The molecule has 0 aliphatic heterocycles. The van der Waals surface area contributed by atoms with Crippen molar-refractivity contribution in [3.8, 4) is 0 Å². The molecule has 0 amide bonds. The predicted octanol–water partition coefficient (Wildman–Crippen LogP) is 2.76. The van der Waals surface area contributed by atoms with Crippen LogP contribution in [0.2, 0.25) is 39.3 Å². The van der Waals surface area contributed by atoms with Gasteiger partial charge in [-0.1, -0.05) is 0 Å². The smallest absolute Gasteiger partial charge is 0.340 e. The summed E-state index contributed by atoms with van der Waals surface area (Å²) in [6, 6.07) is 0. The fourth-order valence-corrected chi connectivity index (χ4v) is 7.37. The van der Waals surface area contributed by atoms with E-state index >= 15 is 0 Å². The Labute approximate surface area is 82.7 Å². The van der Waals surface area contributed by atoms with E-state index in [0.29, 0.717) is 0 Å². The molecule has 7 heteroatoms. The fourth-order valence-electron chi connectivity index (χ4n) is 0.782. The van der Waals surface area contributed by atoms with Crippen LogP contribution in [-0.2, 0) is 13.0 Å². The first-order valence-corrected chi connectivity index (χ1v) is 12.6. The molecule has 0 aromatic carbocycles. The first kappa shape index (κ1) is 13.5. The summed E-state index contributed by atoms with van der Waals surface area (Å²) in [7, 11) is -7.08. The maximum atomic E-state index is 11.6. The summed E-state index contributed by atoms with van der Waals surface area (Å²) in [6.45, 7) is 11.6. The third kappa shape index (κ3) is 8.86. The van der Waals surface area contributed by atoms with Gasteiger partial charge in [0.1, 0.15) is 0 Å². The van der Waals surface area contributed by atoms with Crippen LogP contribution in [0.5, 0.6) is 0 Å². The molecule has 0 aromatic heterocycles. The molecule has 0 radical (unpaired) electrons. The number of rotatable bonds is 4. The Bertz CT molecular complexity index is 201. The minimum atomic E-state index is -3.31. The van der Waals surface area contributed by atoms with Crippen LogP contribution < -0.4 is 5.50 Å². The summed E-state index contributed by atoms with van der Waals surface area (Å²) >= 11 is 0. The standard InChI is InChI=1S/C6H20NO3PSi2/c1-12(2,3)9-11(7,8)10-13(4,5)6/h1-6H3,(H2,7,8). The lowest BCUT2D eigenvalue weighted by molar-refractivity contribution is 0.384. The average molecular weight is 241 g/mol. The lowest BCUT2D eigenvalue weighted by Gasteiger charge is -2.27. The fraction of sp³-hybridized carbons (Fsp3) is 1.00. The van der Waals surface area contributed by atoms with E-state index in [1.165, 1.54) is 0 Å². The van der Waals surface area contributed by atoms with Crippen molar-refractivity contribution < 1.29 is 13.0 Å². The van der Waals surface area contributed by atoms with Gasteiger partial charge in [0.05, 0.1) is 0 Å². The Kier molecular flexibility index (Phi) is 4.13. The van der Waals surface area contributed by atoms with E-state index in [9.17, 15) is 4.57 Å². The molecule has 0 bridgehead atoms. The molecule has 0 saturated carbocycles. The van der Waals surface area contributed by atoms with Gasteiger partial charge >= 0.3 is 7.75 Å². The van der Waals surface area contributed by atoms with Crippen molar-refractivity contribution in [2.75, 3.05) is 0 Å². The van der Waals surface area contributed by atoms with Crippen LogP contribution in [0, 0.1) is 0 Å². The van der Waals surface area contributed by atoms with Crippen molar-refractivity contribution in [3.05, 3.63) is 0 Å². The van der Waals surface area contributed by atoms with E-state index in [-0.39, 0.29) is 0 Å². The topological polar surface area (TPSA) is 61.5 Å². The summed E-state index contributed by atoms with van der Waals surface area (Å²) < 4.78 is 22.2. The van der Waals surface area contributed by atoms with Gasteiger partial charge in [0.2, 0.25) is 0 Å². The molecule has 0 heterocycles. The monoisotopic (exact) mass is 241 g/mol. The van der Waals surface area contributed by atoms with Gasteiger partial charge < -0.3 is 8.43 Å². The van der Waals surface area contributed by atoms with Gasteiger partial charge in [0, 0.05) is 0 Å². The minimum absolute atomic E-state index is 1.88. The van der Waals surface area contributed by atoms with E-state index in [1.54, 1.807) is 0 Å². The lowest BCUT2D eigenvalue weighted by atomic mass is 11.8. The summed E-state index contributed by atoms with van der Waals surface area (Å²) in [5.74, 6) is 0. The Hall–Kier alpha value is 0.544. The average Bonchev–Trinajstić information content (AvgIpc) is 1.43. The first-order chi connectivity index (χ1) is 5.41. The second-order valence-corrected chi connectivity index (χ2v) is 15.9. The highest BCUT2D eigenvalue weighted by Crippen LogP contribution is 2.45. The van der Waals surface area contributed by atoms with Gasteiger partial charge in [-0.2, -0.15) is 0 Å². The molecule has 13 heavy (non-hydrogen) atoms.